The number of amides is 1. The molecule has 3 rings (SSSR count). The van der Waals surface area contributed by atoms with Crippen molar-refractivity contribution in [2.24, 2.45) is 0 Å². The first-order valence-electron chi connectivity index (χ1n) is 10.5. The summed E-state index contributed by atoms with van der Waals surface area (Å²) >= 11 is 0. The molecule has 8 nitrogen and oxygen atoms in total. The fourth-order valence-corrected chi connectivity index (χ4v) is 3.76. The number of carbonyl (C=O) groups excluding carboxylic acids is 1. The predicted octanol–water partition coefficient (Wildman–Crippen LogP) is 3.26. The lowest BCUT2D eigenvalue weighted by atomic mass is 9.87. The Hall–Kier alpha value is -2.11. The topological polar surface area (TPSA) is 89.6 Å². The van der Waals surface area contributed by atoms with Crippen LogP contribution >= 0.6 is 0 Å². The van der Waals surface area contributed by atoms with Crippen LogP contribution < -0.4 is 0 Å². The minimum absolute atomic E-state index is 0.0581. The van der Waals surface area contributed by atoms with E-state index in [0.29, 0.717) is 26.1 Å². The van der Waals surface area contributed by atoms with Gasteiger partial charge < -0.3 is 19.1 Å². The second-order valence-electron chi connectivity index (χ2n) is 10.5. The molecule has 0 radical (unpaired) electrons. The normalized spacial score (nSPS) is 24.6. The van der Waals surface area contributed by atoms with Crippen molar-refractivity contribution in [2.75, 3.05) is 19.7 Å². The van der Waals surface area contributed by atoms with E-state index in [4.69, 9.17) is 14.2 Å². The average Bonchev–Trinajstić information content (AvgIpc) is 3.01. The zero-order chi connectivity index (χ0) is 22.4. The lowest BCUT2D eigenvalue weighted by Gasteiger charge is -2.48. The summed E-state index contributed by atoms with van der Waals surface area (Å²) in [6, 6.07) is 2.24. The fourth-order valence-electron chi connectivity index (χ4n) is 3.76. The number of rotatable bonds is 4. The summed E-state index contributed by atoms with van der Waals surface area (Å²) < 4.78 is 19.6. The van der Waals surface area contributed by atoms with Crippen LogP contribution in [0.2, 0.25) is 0 Å². The van der Waals surface area contributed by atoms with Crippen LogP contribution in [0.5, 0.6) is 0 Å². The van der Waals surface area contributed by atoms with E-state index in [1.54, 1.807) is 4.90 Å². The number of ether oxygens (including phenoxy) is 3. The minimum atomic E-state index is -0.548. The molecule has 0 N–H and O–H groups in total. The van der Waals surface area contributed by atoms with E-state index < -0.39 is 16.7 Å². The van der Waals surface area contributed by atoms with Crippen LogP contribution in [-0.2, 0) is 26.2 Å². The molecular formula is C22H34N4O4. The molecule has 1 aromatic rings. The first-order valence-corrected chi connectivity index (χ1v) is 10.5. The number of carbonyl (C=O) groups is 1. The summed E-state index contributed by atoms with van der Waals surface area (Å²) in [6.45, 7) is 15.0. The van der Waals surface area contributed by atoms with Crippen LogP contribution in [0.1, 0.15) is 60.5 Å². The molecule has 0 aromatic carbocycles. The molecule has 3 heterocycles. The molecule has 166 valence electrons. The number of nitriles is 1. The lowest BCUT2D eigenvalue weighted by Crippen LogP contribution is -2.64. The van der Waals surface area contributed by atoms with Gasteiger partial charge in [-0.3, -0.25) is 4.68 Å². The second-order valence-corrected chi connectivity index (χ2v) is 10.5. The third kappa shape index (κ3) is 4.47. The van der Waals surface area contributed by atoms with Crippen LogP contribution in [0, 0.1) is 11.3 Å². The molecule has 1 amide bonds. The van der Waals surface area contributed by atoms with Crippen molar-refractivity contribution in [1.29, 1.82) is 5.26 Å². The van der Waals surface area contributed by atoms with Crippen LogP contribution in [0.4, 0.5) is 4.79 Å². The van der Waals surface area contributed by atoms with E-state index in [9.17, 15) is 10.1 Å². The lowest BCUT2D eigenvalue weighted by molar-refractivity contribution is -0.261. The van der Waals surface area contributed by atoms with Crippen molar-refractivity contribution in [3.05, 3.63) is 18.0 Å². The van der Waals surface area contributed by atoms with Gasteiger partial charge in [0.1, 0.15) is 11.1 Å². The quantitative estimate of drug-likeness (QED) is 0.746. The molecule has 2 fully saturated rings. The van der Waals surface area contributed by atoms with Gasteiger partial charge in [-0.25, -0.2) is 4.79 Å². The molecule has 30 heavy (non-hydrogen) atoms. The Kier molecular flexibility index (Phi) is 5.67. The molecule has 0 spiro atoms. The Morgan fingerprint density at radius 3 is 2.53 bits per heavy atom. The molecular weight excluding hydrogens is 384 g/mol. The van der Waals surface area contributed by atoms with Crippen molar-refractivity contribution in [2.45, 2.75) is 89.8 Å². The highest BCUT2D eigenvalue weighted by Crippen LogP contribution is 2.36. The van der Waals surface area contributed by atoms with Gasteiger partial charge in [0.25, 0.3) is 0 Å². The zero-order valence-electron chi connectivity index (χ0n) is 19.2. The maximum absolute atomic E-state index is 12.3. The molecule has 2 saturated heterocycles. The predicted molar refractivity (Wildman–Crippen MR) is 111 cm³/mol. The average molecular weight is 419 g/mol. The van der Waals surface area contributed by atoms with Crippen molar-refractivity contribution < 1.29 is 19.0 Å². The van der Waals surface area contributed by atoms with Gasteiger partial charge in [0.05, 0.1) is 55.7 Å². The van der Waals surface area contributed by atoms with Gasteiger partial charge >= 0.3 is 6.09 Å². The van der Waals surface area contributed by atoms with Gasteiger partial charge in [-0.15, -0.1) is 0 Å². The highest BCUT2D eigenvalue weighted by Gasteiger charge is 2.49. The first kappa shape index (κ1) is 22.6. The molecule has 2 aliphatic heterocycles. The van der Waals surface area contributed by atoms with Crippen molar-refractivity contribution >= 4 is 6.09 Å². The Labute approximate surface area is 179 Å². The van der Waals surface area contributed by atoms with Gasteiger partial charge in [-0.05, 0) is 54.0 Å². The van der Waals surface area contributed by atoms with E-state index in [1.807, 2.05) is 65.5 Å². The summed E-state index contributed by atoms with van der Waals surface area (Å²) in [7, 11) is 0. The molecule has 8 heteroatoms. The van der Waals surface area contributed by atoms with E-state index in [0.717, 1.165) is 5.56 Å². The molecule has 2 aliphatic rings. The maximum Gasteiger partial charge on any atom is 0.410 e. The van der Waals surface area contributed by atoms with E-state index in [2.05, 4.69) is 11.2 Å². The molecule has 1 aromatic heterocycles. The summed E-state index contributed by atoms with van der Waals surface area (Å²) in [6.07, 6.45) is 4.30. The standard InChI is InChI=1S/C22H34N4O4/c1-19(2,3)30-18(27)25-14-22(15-25,8-9-23)26-12-16(11-24-26)10-17-13-28-20(4,5)21(6,7)29-17/h11-12,17H,8,10,13-15H2,1-7H3/t17-/m0/s1. The van der Waals surface area contributed by atoms with Crippen LogP contribution in [0.3, 0.4) is 0 Å². The number of aromatic nitrogens is 2. The monoisotopic (exact) mass is 418 g/mol. The Morgan fingerprint density at radius 1 is 1.30 bits per heavy atom. The van der Waals surface area contributed by atoms with E-state index in [-0.39, 0.29) is 24.2 Å². The molecule has 0 unspecified atom stereocenters. The summed E-state index contributed by atoms with van der Waals surface area (Å²) in [5.74, 6) is 0. The zero-order valence-corrected chi connectivity index (χ0v) is 19.2. The molecule has 0 saturated carbocycles. The smallest absolute Gasteiger partial charge is 0.410 e. The second kappa shape index (κ2) is 7.54. The molecule has 1 atom stereocenters. The van der Waals surface area contributed by atoms with E-state index >= 15 is 0 Å². The third-order valence-corrected chi connectivity index (χ3v) is 6.16. The van der Waals surface area contributed by atoms with Gasteiger partial charge in [0.2, 0.25) is 0 Å². The van der Waals surface area contributed by atoms with Gasteiger partial charge in [-0.1, -0.05) is 0 Å². The number of likely N-dealkylation sites (tertiary alicyclic amines) is 1. The van der Waals surface area contributed by atoms with Crippen LogP contribution in [0.25, 0.3) is 0 Å². The molecule has 0 bridgehead atoms. The third-order valence-electron chi connectivity index (χ3n) is 6.16. The Bertz CT molecular complexity index is 825. The minimum Gasteiger partial charge on any atom is -0.444 e. The van der Waals surface area contributed by atoms with Gasteiger partial charge in [-0.2, -0.15) is 10.4 Å². The largest absolute Gasteiger partial charge is 0.444 e. The van der Waals surface area contributed by atoms with Gasteiger partial charge in [0.15, 0.2) is 0 Å². The summed E-state index contributed by atoms with van der Waals surface area (Å²) in [5.41, 5.74) is -0.785. The first-order chi connectivity index (χ1) is 13.8. The SMILES string of the molecule is CC(C)(C)OC(=O)N1CC(CC#N)(n2cc(C[C@H]3COC(C)(C)C(C)(C)O3)cn2)C1. The maximum atomic E-state index is 12.3. The van der Waals surface area contributed by atoms with E-state index in [1.165, 1.54) is 0 Å². The Morgan fingerprint density at radius 2 is 1.97 bits per heavy atom. The van der Waals surface area contributed by atoms with Crippen molar-refractivity contribution in [3.8, 4) is 6.07 Å². The number of nitrogens with zero attached hydrogens (tertiary/aromatic N) is 4. The number of hydrogen-bond donors (Lipinski definition) is 0. The summed E-state index contributed by atoms with van der Waals surface area (Å²) in [4.78, 5) is 13.9. The van der Waals surface area contributed by atoms with Gasteiger partial charge in [0, 0.05) is 12.6 Å². The number of hydrogen-bond acceptors (Lipinski definition) is 6. The van der Waals surface area contributed by atoms with Crippen molar-refractivity contribution in [3.63, 3.8) is 0 Å². The summed E-state index contributed by atoms with van der Waals surface area (Å²) in [5, 5.41) is 13.9. The highest BCUT2D eigenvalue weighted by molar-refractivity contribution is 5.69. The Balaban J connectivity index is 1.66. The van der Waals surface area contributed by atoms with Crippen LogP contribution in [-0.4, -0.2) is 63.4 Å². The van der Waals surface area contributed by atoms with Crippen molar-refractivity contribution in [1.82, 2.24) is 14.7 Å². The highest BCUT2D eigenvalue weighted by atomic mass is 16.6. The fraction of sp³-hybridized carbons (Fsp3) is 0.773. The molecule has 0 aliphatic carbocycles. The van der Waals surface area contributed by atoms with Crippen LogP contribution in [0.15, 0.2) is 12.4 Å².